The van der Waals surface area contributed by atoms with E-state index in [1.807, 2.05) is 37.3 Å². The molecule has 0 saturated heterocycles. The van der Waals surface area contributed by atoms with E-state index in [-0.39, 0.29) is 12.6 Å². The molecule has 6 heteroatoms. The molecule has 0 aliphatic heterocycles. The van der Waals surface area contributed by atoms with Gasteiger partial charge in [0.15, 0.2) is 0 Å². The molecule has 1 heterocycles. The Hall–Kier alpha value is -2.34. The number of aliphatic hydroxyl groups excluding tert-OH is 1. The van der Waals surface area contributed by atoms with E-state index in [2.05, 4.69) is 15.3 Å². The SMILES string of the molecule is COc1cc(NC(C)(CO)c2ccccc2)nc(N)n1. The second kappa shape index (κ2) is 5.75. The Bertz CT molecular complexity index is 577. The van der Waals surface area contributed by atoms with Crippen LogP contribution in [0.25, 0.3) is 0 Å². The highest BCUT2D eigenvalue weighted by molar-refractivity contribution is 5.47. The molecule has 0 aliphatic rings. The summed E-state index contributed by atoms with van der Waals surface area (Å²) in [5.41, 5.74) is 5.90. The second-order valence-electron chi connectivity index (χ2n) is 4.63. The van der Waals surface area contributed by atoms with Crippen LogP contribution in [0.4, 0.5) is 11.8 Å². The van der Waals surface area contributed by atoms with Crippen LogP contribution in [0.15, 0.2) is 36.4 Å². The normalized spacial score (nSPS) is 13.6. The van der Waals surface area contributed by atoms with E-state index >= 15 is 0 Å². The molecule has 1 atom stereocenters. The zero-order chi connectivity index (χ0) is 14.6. The maximum absolute atomic E-state index is 9.73. The van der Waals surface area contributed by atoms with E-state index in [0.29, 0.717) is 11.7 Å². The first-order valence-corrected chi connectivity index (χ1v) is 6.20. The van der Waals surface area contributed by atoms with Crippen LogP contribution in [0, 0.1) is 0 Å². The van der Waals surface area contributed by atoms with Crippen LogP contribution >= 0.6 is 0 Å². The first-order chi connectivity index (χ1) is 9.57. The first kappa shape index (κ1) is 14.1. The van der Waals surface area contributed by atoms with E-state index in [4.69, 9.17) is 10.5 Å². The number of nitrogen functional groups attached to an aromatic ring is 1. The van der Waals surface area contributed by atoms with Crippen molar-refractivity contribution in [1.29, 1.82) is 0 Å². The lowest BCUT2D eigenvalue weighted by Gasteiger charge is -2.30. The number of anilines is 2. The van der Waals surface area contributed by atoms with Gasteiger partial charge in [-0.3, -0.25) is 0 Å². The number of aliphatic hydroxyl groups is 1. The molecule has 0 bridgehead atoms. The Morgan fingerprint density at radius 3 is 2.60 bits per heavy atom. The summed E-state index contributed by atoms with van der Waals surface area (Å²) in [6.07, 6.45) is 0. The van der Waals surface area contributed by atoms with Gasteiger partial charge in [0.1, 0.15) is 5.82 Å². The molecule has 1 aromatic carbocycles. The number of hydrogen-bond acceptors (Lipinski definition) is 6. The minimum atomic E-state index is -0.674. The predicted molar refractivity (Wildman–Crippen MR) is 77.5 cm³/mol. The summed E-state index contributed by atoms with van der Waals surface area (Å²) < 4.78 is 5.06. The lowest BCUT2D eigenvalue weighted by molar-refractivity contribution is 0.223. The van der Waals surface area contributed by atoms with Crippen LogP contribution in [-0.4, -0.2) is 28.8 Å². The van der Waals surface area contributed by atoms with Crippen molar-refractivity contribution in [2.45, 2.75) is 12.5 Å². The third-order valence-electron chi connectivity index (χ3n) is 3.06. The maximum Gasteiger partial charge on any atom is 0.225 e. The number of nitrogens with two attached hydrogens (primary N) is 1. The van der Waals surface area contributed by atoms with Crippen LogP contribution in [0.5, 0.6) is 5.88 Å². The molecule has 0 spiro atoms. The average molecular weight is 274 g/mol. The van der Waals surface area contributed by atoms with Crippen molar-refractivity contribution in [2.75, 3.05) is 24.8 Å². The highest BCUT2D eigenvalue weighted by atomic mass is 16.5. The number of rotatable bonds is 5. The standard InChI is InChI=1S/C14H18N4O2/c1-14(9-19,10-6-4-3-5-7-10)18-11-8-12(20-2)17-13(15)16-11/h3-8,19H,9H2,1-2H3,(H3,15,16,17,18). The molecule has 106 valence electrons. The minimum absolute atomic E-state index is 0.0940. The van der Waals surface area contributed by atoms with Gasteiger partial charge in [-0.1, -0.05) is 30.3 Å². The fraction of sp³-hybridized carbons (Fsp3) is 0.286. The fourth-order valence-electron chi connectivity index (χ4n) is 1.90. The molecule has 0 radical (unpaired) electrons. The monoisotopic (exact) mass is 274 g/mol. The molecule has 0 amide bonds. The molecule has 4 N–H and O–H groups in total. The van der Waals surface area contributed by atoms with E-state index in [1.165, 1.54) is 7.11 Å². The number of nitrogens with zero attached hydrogens (tertiary/aromatic N) is 2. The van der Waals surface area contributed by atoms with Gasteiger partial charge in [0.05, 0.1) is 19.3 Å². The van der Waals surface area contributed by atoms with Gasteiger partial charge < -0.3 is 20.9 Å². The Morgan fingerprint density at radius 1 is 1.30 bits per heavy atom. The summed E-state index contributed by atoms with van der Waals surface area (Å²) in [4.78, 5) is 8.03. The molecule has 2 aromatic rings. The Morgan fingerprint density at radius 2 is 2.00 bits per heavy atom. The van der Waals surface area contributed by atoms with Crippen molar-refractivity contribution in [3.63, 3.8) is 0 Å². The zero-order valence-corrected chi connectivity index (χ0v) is 11.5. The Balaban J connectivity index is 2.33. The third kappa shape index (κ3) is 2.97. The number of benzene rings is 1. The van der Waals surface area contributed by atoms with Gasteiger partial charge in [0, 0.05) is 6.07 Å². The van der Waals surface area contributed by atoms with Gasteiger partial charge in [-0.15, -0.1) is 0 Å². The summed E-state index contributed by atoms with van der Waals surface area (Å²) in [7, 11) is 1.51. The van der Waals surface area contributed by atoms with Gasteiger partial charge >= 0.3 is 0 Å². The summed E-state index contributed by atoms with van der Waals surface area (Å²) in [5, 5.41) is 12.9. The zero-order valence-electron chi connectivity index (χ0n) is 11.5. The number of nitrogens with one attached hydrogen (secondary N) is 1. The summed E-state index contributed by atoms with van der Waals surface area (Å²) in [6.45, 7) is 1.79. The highest BCUT2D eigenvalue weighted by Crippen LogP contribution is 2.26. The van der Waals surface area contributed by atoms with Crippen LogP contribution in [-0.2, 0) is 5.54 Å². The molecule has 1 aromatic heterocycles. The summed E-state index contributed by atoms with van der Waals surface area (Å²) in [6, 6.07) is 11.3. The Kier molecular flexibility index (Phi) is 4.05. The Labute approximate surface area is 117 Å². The minimum Gasteiger partial charge on any atom is -0.481 e. The predicted octanol–water partition coefficient (Wildman–Crippen LogP) is 1.39. The van der Waals surface area contributed by atoms with Gasteiger partial charge in [-0.25, -0.2) is 0 Å². The smallest absolute Gasteiger partial charge is 0.225 e. The van der Waals surface area contributed by atoms with E-state index in [1.54, 1.807) is 6.07 Å². The molecule has 1 unspecified atom stereocenters. The molecule has 0 saturated carbocycles. The first-order valence-electron chi connectivity index (χ1n) is 6.20. The van der Waals surface area contributed by atoms with Crippen LogP contribution in [0.2, 0.25) is 0 Å². The van der Waals surface area contributed by atoms with Crippen molar-refractivity contribution in [2.24, 2.45) is 0 Å². The topological polar surface area (TPSA) is 93.3 Å². The van der Waals surface area contributed by atoms with Crippen molar-refractivity contribution in [1.82, 2.24) is 9.97 Å². The van der Waals surface area contributed by atoms with Gasteiger partial charge in [-0.2, -0.15) is 9.97 Å². The molecular formula is C14H18N4O2. The average Bonchev–Trinajstić information content (AvgIpc) is 2.47. The number of methoxy groups -OCH3 is 1. The van der Waals surface area contributed by atoms with Gasteiger partial charge in [0.2, 0.25) is 11.8 Å². The summed E-state index contributed by atoms with van der Waals surface area (Å²) in [5.74, 6) is 0.975. The van der Waals surface area contributed by atoms with Crippen molar-refractivity contribution >= 4 is 11.8 Å². The van der Waals surface area contributed by atoms with Crippen molar-refractivity contribution < 1.29 is 9.84 Å². The maximum atomic E-state index is 9.73. The van der Waals surface area contributed by atoms with Crippen molar-refractivity contribution in [3.05, 3.63) is 42.0 Å². The largest absolute Gasteiger partial charge is 0.481 e. The van der Waals surface area contributed by atoms with E-state index in [9.17, 15) is 5.11 Å². The van der Waals surface area contributed by atoms with Crippen LogP contribution in [0.3, 0.4) is 0 Å². The van der Waals surface area contributed by atoms with Crippen LogP contribution in [0.1, 0.15) is 12.5 Å². The molecule has 6 nitrogen and oxygen atoms in total. The molecular weight excluding hydrogens is 256 g/mol. The lowest BCUT2D eigenvalue weighted by atomic mass is 9.93. The van der Waals surface area contributed by atoms with Crippen LogP contribution < -0.4 is 15.8 Å². The number of hydrogen-bond donors (Lipinski definition) is 3. The summed E-state index contributed by atoms with van der Waals surface area (Å²) >= 11 is 0. The van der Waals surface area contributed by atoms with Crippen molar-refractivity contribution in [3.8, 4) is 5.88 Å². The molecule has 0 fully saturated rings. The third-order valence-corrected chi connectivity index (χ3v) is 3.06. The van der Waals surface area contributed by atoms with Gasteiger partial charge in [-0.05, 0) is 12.5 Å². The number of aromatic nitrogens is 2. The quantitative estimate of drug-likeness (QED) is 0.763. The number of ether oxygens (including phenoxy) is 1. The fourth-order valence-corrected chi connectivity index (χ4v) is 1.90. The van der Waals surface area contributed by atoms with E-state index in [0.717, 1.165) is 5.56 Å². The molecule has 0 aliphatic carbocycles. The molecule has 20 heavy (non-hydrogen) atoms. The lowest BCUT2D eigenvalue weighted by Crippen LogP contribution is -2.36. The highest BCUT2D eigenvalue weighted by Gasteiger charge is 2.26. The molecule has 2 rings (SSSR count). The van der Waals surface area contributed by atoms with E-state index < -0.39 is 5.54 Å². The second-order valence-corrected chi connectivity index (χ2v) is 4.63. The van der Waals surface area contributed by atoms with Gasteiger partial charge in [0.25, 0.3) is 0 Å².